The number of nitrogens with zero attached hydrogens (tertiary/aromatic N) is 3. The molecule has 3 saturated heterocycles. The number of aromatic nitrogens is 6. The first-order chi connectivity index (χ1) is 25.4. The van der Waals surface area contributed by atoms with Gasteiger partial charge in [0.25, 0.3) is 16.7 Å². The minimum Gasteiger partial charge on any atom is -0.387 e. The highest BCUT2D eigenvalue weighted by Gasteiger charge is 2.57. The first-order valence-electron chi connectivity index (χ1n) is 15.7. The number of hydrogen-bond acceptors (Lipinski definition) is 19. The molecular formula is C27H33N6O20P. The van der Waals surface area contributed by atoms with Gasteiger partial charge in [-0.15, -0.1) is 0 Å². The number of phosphoric ester groups is 1. The van der Waals surface area contributed by atoms with Crippen molar-refractivity contribution in [2.75, 3.05) is 6.61 Å². The van der Waals surface area contributed by atoms with E-state index in [1.807, 2.05) is 15.0 Å². The quantitative estimate of drug-likeness (QED) is 0.0803. The fraction of sp³-hybridized carbons (Fsp3) is 0.556. The van der Waals surface area contributed by atoms with Crippen molar-refractivity contribution in [3.8, 4) is 0 Å². The Hall–Kier alpha value is -4.25. The molecule has 26 nitrogen and oxygen atoms in total. The van der Waals surface area contributed by atoms with Crippen LogP contribution in [0.25, 0.3) is 0 Å². The van der Waals surface area contributed by atoms with Crippen molar-refractivity contribution >= 4 is 7.82 Å². The molecule has 0 radical (unpaired) electrons. The van der Waals surface area contributed by atoms with Gasteiger partial charge in [-0.05, 0) is 0 Å². The highest BCUT2D eigenvalue weighted by Crippen LogP contribution is 2.49. The molecule has 11 N–H and O–H groups in total. The number of H-pyrrole nitrogens is 3. The average Bonchev–Trinajstić information content (AvgIpc) is 3.67. The fourth-order valence-electron chi connectivity index (χ4n) is 6.22. The molecule has 0 aliphatic carbocycles. The highest BCUT2D eigenvalue weighted by atomic mass is 31.2. The first kappa shape index (κ1) is 39.4. The molecule has 6 rings (SSSR count). The van der Waals surface area contributed by atoms with Gasteiger partial charge in [-0.2, -0.15) is 0 Å². The minimum atomic E-state index is -5.61. The van der Waals surface area contributed by atoms with Crippen molar-refractivity contribution in [1.29, 1.82) is 0 Å². The van der Waals surface area contributed by atoms with Crippen LogP contribution in [0.5, 0.6) is 0 Å². The maximum atomic E-state index is 13.4. The van der Waals surface area contributed by atoms with E-state index in [1.165, 1.54) is 0 Å². The van der Waals surface area contributed by atoms with Gasteiger partial charge >= 0.3 is 24.9 Å². The van der Waals surface area contributed by atoms with Crippen LogP contribution in [-0.4, -0.2) is 143 Å². The predicted molar refractivity (Wildman–Crippen MR) is 168 cm³/mol. The maximum Gasteiger partial charge on any atom is 0.472 e. The number of ether oxygens (including phenoxy) is 3. The number of nitrogens with one attached hydrogen (secondary N) is 3. The molecule has 54 heavy (non-hydrogen) atoms. The molecule has 0 saturated carbocycles. The summed E-state index contributed by atoms with van der Waals surface area (Å²) < 4.78 is 42.1. The van der Waals surface area contributed by atoms with Gasteiger partial charge in [0, 0.05) is 36.8 Å². The summed E-state index contributed by atoms with van der Waals surface area (Å²) in [6.07, 6.45) is -25.4. The second kappa shape index (κ2) is 15.1. The van der Waals surface area contributed by atoms with E-state index >= 15 is 0 Å². The topological polar surface area (TPSA) is 390 Å². The third-order valence-electron chi connectivity index (χ3n) is 8.92. The van der Waals surface area contributed by atoms with Gasteiger partial charge in [0.15, 0.2) is 18.7 Å². The van der Waals surface area contributed by atoms with Crippen molar-refractivity contribution in [2.45, 2.75) is 85.8 Å². The molecule has 296 valence electrons. The molecule has 6 heterocycles. The van der Waals surface area contributed by atoms with Gasteiger partial charge in [0.05, 0.1) is 6.61 Å². The van der Waals surface area contributed by atoms with Crippen LogP contribution in [0.4, 0.5) is 0 Å². The number of aromatic amines is 3. The van der Waals surface area contributed by atoms with Crippen molar-refractivity contribution in [3.63, 3.8) is 0 Å². The molecule has 15 atom stereocenters. The van der Waals surface area contributed by atoms with Gasteiger partial charge in [-0.1, -0.05) is 0 Å². The van der Waals surface area contributed by atoms with Crippen molar-refractivity contribution in [1.82, 2.24) is 28.7 Å². The summed E-state index contributed by atoms with van der Waals surface area (Å²) in [6, 6.07) is 2.63. The molecule has 3 unspecified atom stereocenters. The Morgan fingerprint density at radius 2 is 1.02 bits per heavy atom. The summed E-state index contributed by atoms with van der Waals surface area (Å²) in [6.45, 7) is -1.08. The Bertz CT molecular complexity index is 2250. The van der Waals surface area contributed by atoms with E-state index in [4.69, 9.17) is 23.3 Å². The lowest BCUT2D eigenvalue weighted by Crippen LogP contribution is -2.53. The number of aliphatic hydroxyl groups excluding tert-OH is 7. The molecule has 3 aromatic rings. The monoisotopic (exact) mass is 792 g/mol. The van der Waals surface area contributed by atoms with Crippen LogP contribution in [0.1, 0.15) is 18.7 Å². The molecule has 0 spiro atoms. The van der Waals surface area contributed by atoms with Crippen LogP contribution in [0.15, 0.2) is 65.6 Å². The molecule has 3 fully saturated rings. The zero-order valence-corrected chi connectivity index (χ0v) is 27.9. The normalized spacial score (nSPS) is 34.8. The zero-order chi connectivity index (χ0) is 39.4. The van der Waals surface area contributed by atoms with E-state index in [0.29, 0.717) is 13.7 Å². The highest BCUT2D eigenvalue weighted by molar-refractivity contribution is 7.47. The summed E-state index contributed by atoms with van der Waals surface area (Å²) in [5.41, 5.74) is -5.76. The molecule has 3 aliphatic rings. The average molecular weight is 793 g/mol. The van der Waals surface area contributed by atoms with Crippen molar-refractivity contribution < 1.29 is 68.5 Å². The third kappa shape index (κ3) is 7.53. The molecule has 0 amide bonds. The van der Waals surface area contributed by atoms with Crippen LogP contribution in [0.3, 0.4) is 0 Å². The van der Waals surface area contributed by atoms with Crippen LogP contribution in [0.2, 0.25) is 0 Å². The molecule has 3 aromatic heterocycles. The molecular weight excluding hydrogens is 759 g/mol. The van der Waals surface area contributed by atoms with Crippen LogP contribution >= 0.6 is 7.82 Å². The Morgan fingerprint density at radius 1 is 0.630 bits per heavy atom. The van der Waals surface area contributed by atoms with E-state index < -0.39 is 134 Å². The van der Waals surface area contributed by atoms with Crippen molar-refractivity contribution in [2.24, 2.45) is 0 Å². The second-order valence-electron chi connectivity index (χ2n) is 12.4. The summed E-state index contributed by atoms with van der Waals surface area (Å²) in [5.74, 6) is 0. The standard InChI is InChI=1S/C27H33N6O20P/c34-9-1-4-31(25(44)28-9)22-15(40)12(37)8(50-22)7-49-54(47,48)53-21(20-14(39)17(42)24(52-20)33-6-3-11(36)30-27(33)46)18(43)19-13(38)16(41)23(51-19)32-5-2-10(35)29-26(32)45/h1-6,8,12-24,37-43H,7H2,(H,47,48)(H,28,34,44)(H,29,35,45)(H,30,36,46)/t8-,12-,13+,14+,15-,16-,17-,18?,19+,20+,21?,22-,23-,24-/m1/s1. The van der Waals surface area contributed by atoms with Gasteiger partial charge in [-0.25, -0.2) is 18.9 Å². The second-order valence-corrected chi connectivity index (χ2v) is 13.8. The Labute approximate surface area is 296 Å². The summed E-state index contributed by atoms with van der Waals surface area (Å²) in [7, 11) is -5.61. The summed E-state index contributed by atoms with van der Waals surface area (Å²) in [5, 5.41) is 76.0. The SMILES string of the molecule is O=c1ccn([C@@H]2O[C@H](C(O)C(OP(=O)(O)OC[C@H]3O[C@@H](n4ccc(=O)[nH]c4=O)[C@H](O)[C@@H]3O)[C@H]3O[C@@H](n4ccc(=O)[nH]c4=O)[C@H](O)[C@@H]3O)[C@@H](O)[C@H]2O)c(=O)[nH]1. The predicted octanol–water partition coefficient (Wildman–Crippen LogP) is -7.64. The third-order valence-corrected chi connectivity index (χ3v) is 9.90. The summed E-state index contributed by atoms with van der Waals surface area (Å²) in [4.78, 5) is 88.2. The summed E-state index contributed by atoms with van der Waals surface area (Å²) >= 11 is 0. The van der Waals surface area contributed by atoms with Gasteiger partial charge in [0.2, 0.25) is 0 Å². The van der Waals surface area contributed by atoms with Crippen molar-refractivity contribution in [3.05, 3.63) is 99.3 Å². The van der Waals surface area contributed by atoms with E-state index in [-0.39, 0.29) is 0 Å². The Balaban J connectivity index is 1.27. The largest absolute Gasteiger partial charge is 0.472 e. The smallest absolute Gasteiger partial charge is 0.387 e. The van der Waals surface area contributed by atoms with Gasteiger partial charge < -0.3 is 54.8 Å². The number of aliphatic hydroxyl groups is 7. The molecule has 27 heteroatoms. The van der Waals surface area contributed by atoms with Crippen LogP contribution in [-0.2, 0) is 27.8 Å². The van der Waals surface area contributed by atoms with E-state index in [1.54, 1.807) is 0 Å². The van der Waals surface area contributed by atoms with E-state index in [0.717, 1.165) is 36.8 Å². The Kier molecular flexibility index (Phi) is 11.0. The number of phosphoric acid groups is 1. The van der Waals surface area contributed by atoms with E-state index in [2.05, 4.69) is 0 Å². The number of rotatable bonds is 11. The minimum absolute atomic E-state index is 0.616. The lowest BCUT2D eigenvalue weighted by atomic mass is 9.95. The van der Waals surface area contributed by atoms with Gasteiger partial charge in [0.1, 0.15) is 67.1 Å². The Morgan fingerprint density at radius 3 is 1.46 bits per heavy atom. The van der Waals surface area contributed by atoms with Crippen LogP contribution < -0.4 is 33.7 Å². The lowest BCUT2D eigenvalue weighted by molar-refractivity contribution is -0.164. The number of hydrogen-bond donors (Lipinski definition) is 11. The fourth-order valence-corrected chi connectivity index (χ4v) is 7.17. The zero-order valence-electron chi connectivity index (χ0n) is 27.0. The lowest BCUT2D eigenvalue weighted by Gasteiger charge is -2.34. The molecule has 0 aromatic carbocycles. The van der Waals surface area contributed by atoms with E-state index in [9.17, 15) is 74.0 Å². The van der Waals surface area contributed by atoms with Gasteiger partial charge in [-0.3, -0.25) is 52.1 Å². The maximum absolute atomic E-state index is 13.4. The molecule has 3 aliphatic heterocycles. The molecule has 0 bridgehead atoms. The first-order valence-corrected chi connectivity index (χ1v) is 17.2. The van der Waals surface area contributed by atoms with Crippen LogP contribution in [0, 0.1) is 0 Å².